The summed E-state index contributed by atoms with van der Waals surface area (Å²) in [6, 6.07) is 14.8. The molecule has 0 fully saturated rings. The van der Waals surface area contributed by atoms with Crippen molar-refractivity contribution in [2.24, 2.45) is 0 Å². The maximum Gasteiger partial charge on any atom is 0.310 e. The summed E-state index contributed by atoms with van der Waals surface area (Å²) in [5, 5.41) is 0.231. The van der Waals surface area contributed by atoms with Crippen LogP contribution in [0.3, 0.4) is 0 Å². The van der Waals surface area contributed by atoms with Gasteiger partial charge in [-0.05, 0) is 23.8 Å². The molecule has 2 rings (SSSR count). The zero-order valence-corrected chi connectivity index (χ0v) is 14.3. The maximum atomic E-state index is 11.8. The Labute approximate surface area is 143 Å². The Morgan fingerprint density at radius 2 is 1.83 bits per heavy atom. The van der Waals surface area contributed by atoms with Gasteiger partial charge in [-0.3, -0.25) is 9.59 Å². The first-order valence-corrected chi connectivity index (χ1v) is 8.22. The monoisotopic (exact) mass is 376 g/mol. The van der Waals surface area contributed by atoms with E-state index in [1.165, 1.54) is 7.11 Å². The fourth-order valence-corrected chi connectivity index (χ4v) is 2.40. The molecule has 0 atom stereocenters. The van der Waals surface area contributed by atoms with E-state index in [9.17, 15) is 9.59 Å². The number of halogens is 1. The molecule has 0 aromatic heterocycles. The molecule has 2 aromatic rings. The second kappa shape index (κ2) is 8.48. The standard InChI is InChI=1S/C18H17BrO4/c1-22-18(21)10-15-9-14(16(20)11-19)7-8-17(15)23-12-13-5-3-2-4-6-13/h2-9H,10-12H2,1H3. The van der Waals surface area contributed by atoms with E-state index < -0.39 is 0 Å². The SMILES string of the molecule is COC(=O)Cc1cc(C(=O)CBr)ccc1OCc1ccccc1. The molecule has 0 aliphatic heterocycles. The van der Waals surface area contributed by atoms with Crippen LogP contribution in [0.1, 0.15) is 21.5 Å². The molecule has 120 valence electrons. The molecule has 0 spiro atoms. The minimum atomic E-state index is -0.377. The van der Waals surface area contributed by atoms with Crippen molar-refractivity contribution in [3.63, 3.8) is 0 Å². The van der Waals surface area contributed by atoms with Gasteiger partial charge < -0.3 is 9.47 Å². The zero-order valence-electron chi connectivity index (χ0n) is 12.8. The molecule has 2 aromatic carbocycles. The predicted octanol–water partition coefficient (Wildman–Crippen LogP) is 3.56. The van der Waals surface area contributed by atoms with Crippen LogP contribution in [0.25, 0.3) is 0 Å². The quantitative estimate of drug-likeness (QED) is 0.421. The van der Waals surface area contributed by atoms with Gasteiger partial charge in [-0.1, -0.05) is 46.3 Å². The second-order valence-corrected chi connectivity index (χ2v) is 5.47. The number of hydrogen-bond acceptors (Lipinski definition) is 4. The molecule has 0 heterocycles. The summed E-state index contributed by atoms with van der Waals surface area (Å²) < 4.78 is 10.5. The van der Waals surface area contributed by atoms with E-state index in [0.717, 1.165) is 5.56 Å². The second-order valence-electron chi connectivity index (χ2n) is 4.91. The Hall–Kier alpha value is -2.14. The highest BCUT2D eigenvalue weighted by atomic mass is 79.9. The van der Waals surface area contributed by atoms with E-state index >= 15 is 0 Å². The van der Waals surface area contributed by atoms with Crippen LogP contribution in [0.4, 0.5) is 0 Å². The molecule has 23 heavy (non-hydrogen) atoms. The van der Waals surface area contributed by atoms with Crippen LogP contribution in [0.15, 0.2) is 48.5 Å². The molecule has 0 amide bonds. The lowest BCUT2D eigenvalue weighted by atomic mass is 10.0. The number of rotatable bonds is 7. The van der Waals surface area contributed by atoms with Gasteiger partial charge in [0.2, 0.25) is 0 Å². The summed E-state index contributed by atoms with van der Waals surface area (Å²) in [4.78, 5) is 23.4. The third kappa shape index (κ3) is 4.93. The minimum Gasteiger partial charge on any atom is -0.489 e. The van der Waals surface area contributed by atoms with Crippen molar-refractivity contribution >= 4 is 27.7 Å². The smallest absolute Gasteiger partial charge is 0.310 e. The lowest BCUT2D eigenvalue weighted by Crippen LogP contribution is -2.09. The highest BCUT2D eigenvalue weighted by Gasteiger charge is 2.13. The first-order valence-electron chi connectivity index (χ1n) is 7.09. The number of hydrogen-bond donors (Lipinski definition) is 0. The van der Waals surface area contributed by atoms with Crippen LogP contribution in [-0.2, 0) is 22.6 Å². The fraction of sp³-hybridized carbons (Fsp3) is 0.222. The molecule has 0 saturated heterocycles. The first kappa shape index (κ1) is 17.2. The van der Waals surface area contributed by atoms with Crippen LogP contribution in [0.5, 0.6) is 5.75 Å². The normalized spacial score (nSPS) is 10.2. The maximum absolute atomic E-state index is 11.8. The average Bonchev–Trinajstić information content (AvgIpc) is 2.60. The van der Waals surface area contributed by atoms with Crippen molar-refractivity contribution in [2.75, 3.05) is 12.4 Å². The summed E-state index contributed by atoms with van der Waals surface area (Å²) in [6.45, 7) is 0.390. The summed E-state index contributed by atoms with van der Waals surface area (Å²) in [5.74, 6) is 0.147. The highest BCUT2D eigenvalue weighted by Crippen LogP contribution is 2.23. The first-order chi connectivity index (χ1) is 11.1. The number of carbonyl (C=O) groups is 2. The van der Waals surface area contributed by atoms with Gasteiger partial charge in [0.15, 0.2) is 5.78 Å². The topological polar surface area (TPSA) is 52.6 Å². The summed E-state index contributed by atoms with van der Waals surface area (Å²) in [6.07, 6.45) is 0.0596. The number of Topliss-reactive ketones (excluding diaryl/α,β-unsaturated/α-hetero) is 1. The molecule has 0 aliphatic rings. The molecule has 0 saturated carbocycles. The van der Waals surface area contributed by atoms with E-state index in [2.05, 4.69) is 15.9 Å². The molecular weight excluding hydrogens is 360 g/mol. The molecule has 0 N–H and O–H groups in total. The van der Waals surface area contributed by atoms with Crippen LogP contribution in [0.2, 0.25) is 0 Å². The van der Waals surface area contributed by atoms with Gasteiger partial charge in [0.1, 0.15) is 12.4 Å². The minimum absolute atomic E-state index is 0.0503. The lowest BCUT2D eigenvalue weighted by molar-refractivity contribution is -0.139. The van der Waals surface area contributed by atoms with Crippen LogP contribution < -0.4 is 4.74 Å². The Morgan fingerprint density at radius 3 is 2.48 bits per heavy atom. The van der Waals surface area contributed by atoms with E-state index in [-0.39, 0.29) is 23.5 Å². The number of ether oxygens (including phenoxy) is 2. The molecule has 0 aliphatic carbocycles. The van der Waals surface area contributed by atoms with E-state index in [1.54, 1.807) is 18.2 Å². The third-order valence-electron chi connectivity index (χ3n) is 3.30. The van der Waals surface area contributed by atoms with Gasteiger partial charge in [0, 0.05) is 11.1 Å². The van der Waals surface area contributed by atoms with E-state index in [1.807, 2.05) is 30.3 Å². The van der Waals surface area contributed by atoms with E-state index in [4.69, 9.17) is 9.47 Å². The van der Waals surface area contributed by atoms with Gasteiger partial charge >= 0.3 is 5.97 Å². The number of carbonyl (C=O) groups excluding carboxylic acids is 2. The molecule has 0 radical (unpaired) electrons. The van der Waals surface area contributed by atoms with Crippen LogP contribution >= 0.6 is 15.9 Å². The predicted molar refractivity (Wildman–Crippen MR) is 91.1 cm³/mol. The van der Waals surface area contributed by atoms with Gasteiger partial charge in [0.25, 0.3) is 0 Å². The van der Waals surface area contributed by atoms with Crippen LogP contribution in [0, 0.1) is 0 Å². The third-order valence-corrected chi connectivity index (χ3v) is 3.81. The highest BCUT2D eigenvalue weighted by molar-refractivity contribution is 9.09. The molecule has 4 nitrogen and oxygen atoms in total. The molecule has 0 unspecified atom stereocenters. The number of alkyl halides is 1. The summed E-state index contributed by atoms with van der Waals surface area (Å²) in [7, 11) is 1.33. The molecule has 5 heteroatoms. The largest absolute Gasteiger partial charge is 0.489 e. The number of benzene rings is 2. The van der Waals surface area contributed by atoms with Gasteiger partial charge in [0.05, 0.1) is 18.9 Å². The molecule has 0 bridgehead atoms. The van der Waals surface area contributed by atoms with Gasteiger partial charge in [-0.25, -0.2) is 0 Å². The van der Waals surface area contributed by atoms with Crippen molar-refractivity contribution in [1.82, 2.24) is 0 Å². The average molecular weight is 377 g/mol. The van der Waals surface area contributed by atoms with Crippen molar-refractivity contribution in [1.29, 1.82) is 0 Å². The number of esters is 1. The van der Waals surface area contributed by atoms with Crippen LogP contribution in [-0.4, -0.2) is 24.2 Å². The Bertz CT molecular complexity index is 683. The van der Waals surface area contributed by atoms with Crippen molar-refractivity contribution in [3.05, 3.63) is 65.2 Å². The summed E-state index contributed by atoms with van der Waals surface area (Å²) >= 11 is 3.15. The Balaban J connectivity index is 2.22. The molecular formula is C18H17BrO4. The fourth-order valence-electron chi connectivity index (χ4n) is 2.07. The van der Waals surface area contributed by atoms with E-state index in [0.29, 0.717) is 23.5 Å². The number of methoxy groups -OCH3 is 1. The van der Waals surface area contributed by atoms with Gasteiger partial charge in [-0.15, -0.1) is 0 Å². The zero-order chi connectivity index (χ0) is 16.7. The summed E-state index contributed by atoms with van der Waals surface area (Å²) in [5.41, 5.74) is 2.20. The van der Waals surface area contributed by atoms with Gasteiger partial charge in [-0.2, -0.15) is 0 Å². The lowest BCUT2D eigenvalue weighted by Gasteiger charge is -2.12. The van der Waals surface area contributed by atoms with Crippen molar-refractivity contribution < 1.29 is 19.1 Å². The van der Waals surface area contributed by atoms with Crippen molar-refractivity contribution in [3.8, 4) is 5.75 Å². The van der Waals surface area contributed by atoms with Crippen molar-refractivity contribution in [2.45, 2.75) is 13.0 Å². The number of ketones is 1. The Morgan fingerprint density at radius 1 is 1.09 bits per heavy atom. The Kier molecular flexibility index (Phi) is 6.35.